The Morgan fingerprint density at radius 3 is 2.40 bits per heavy atom. The molecule has 1 aliphatic rings. The Balaban J connectivity index is 2.83. The quantitative estimate of drug-likeness (QED) is 0.511. The predicted molar refractivity (Wildman–Crippen MR) is 56.2 cm³/mol. The summed E-state index contributed by atoms with van der Waals surface area (Å²) in [6.07, 6.45) is 2.33. The molecule has 0 aromatic carbocycles. The number of amides is 1. The van der Waals surface area contributed by atoms with E-state index in [0.717, 1.165) is 12.8 Å². The highest BCUT2D eigenvalue weighted by Gasteiger charge is 2.42. The topological polar surface area (TPSA) is 46.6 Å². The number of rotatable bonds is 2. The van der Waals surface area contributed by atoms with E-state index in [2.05, 4.69) is 25.5 Å². The van der Waals surface area contributed by atoms with Crippen LogP contribution in [0, 0.1) is 5.41 Å². The molecule has 1 heterocycles. The van der Waals surface area contributed by atoms with Gasteiger partial charge in [-0.15, -0.1) is 0 Å². The summed E-state index contributed by atoms with van der Waals surface area (Å²) in [5.74, 6) is -0.311. The van der Waals surface area contributed by atoms with Crippen LogP contribution in [-0.2, 0) is 14.3 Å². The van der Waals surface area contributed by atoms with Gasteiger partial charge in [0.15, 0.2) is 0 Å². The molecule has 4 heteroatoms. The lowest BCUT2D eigenvalue weighted by Gasteiger charge is -2.34. The summed E-state index contributed by atoms with van der Waals surface area (Å²) in [4.78, 5) is 24.0. The summed E-state index contributed by atoms with van der Waals surface area (Å²) < 4.78 is 4.69. The van der Waals surface area contributed by atoms with Crippen LogP contribution in [0.15, 0.2) is 0 Å². The second kappa shape index (κ2) is 4.21. The monoisotopic (exact) mass is 213 g/mol. The molecule has 2 atom stereocenters. The summed E-state index contributed by atoms with van der Waals surface area (Å²) in [6, 6.07) is -0.268. The fourth-order valence-corrected chi connectivity index (χ4v) is 2.23. The predicted octanol–water partition coefficient (Wildman–Crippen LogP) is 1.19. The van der Waals surface area contributed by atoms with Crippen molar-refractivity contribution < 1.29 is 14.3 Å². The Kier molecular flexibility index (Phi) is 3.37. The van der Waals surface area contributed by atoms with Gasteiger partial charge in [-0.25, -0.2) is 4.79 Å². The third kappa shape index (κ3) is 2.30. The largest absolute Gasteiger partial charge is 0.467 e. The third-order valence-corrected chi connectivity index (χ3v) is 3.03. The van der Waals surface area contributed by atoms with Crippen LogP contribution in [-0.4, -0.2) is 36.5 Å². The third-order valence-electron chi connectivity index (χ3n) is 3.03. The van der Waals surface area contributed by atoms with Gasteiger partial charge in [-0.3, -0.25) is 4.79 Å². The lowest BCUT2D eigenvalue weighted by Crippen LogP contribution is -2.45. The van der Waals surface area contributed by atoms with Gasteiger partial charge < -0.3 is 9.64 Å². The van der Waals surface area contributed by atoms with Crippen molar-refractivity contribution in [1.82, 2.24) is 4.90 Å². The molecule has 0 N–H and O–H groups in total. The fraction of sp³-hybridized carbons (Fsp3) is 0.818. The number of esters is 1. The van der Waals surface area contributed by atoms with Gasteiger partial charge in [-0.05, 0) is 18.3 Å². The maximum Gasteiger partial charge on any atom is 0.328 e. The molecule has 1 aliphatic heterocycles. The lowest BCUT2D eigenvalue weighted by molar-refractivity contribution is -0.149. The number of carbonyl (C=O) groups is 2. The molecule has 86 valence electrons. The van der Waals surface area contributed by atoms with E-state index in [0.29, 0.717) is 6.42 Å². The molecule has 0 aliphatic carbocycles. The average Bonchev–Trinajstić information content (AvgIpc) is 2.59. The first-order chi connectivity index (χ1) is 6.91. The standard InChI is InChI=1S/C11H19NO3/c1-11(2,3)9-6-5-8(10(14)15-4)12(9)7-13/h7-9H,5-6H2,1-4H3/t8-,9+/m0/s1. The molecule has 0 aromatic rings. The van der Waals surface area contributed by atoms with Crippen molar-refractivity contribution in [3.05, 3.63) is 0 Å². The van der Waals surface area contributed by atoms with E-state index in [4.69, 9.17) is 0 Å². The van der Waals surface area contributed by atoms with Crippen LogP contribution in [0.4, 0.5) is 0 Å². The molecule has 0 bridgehead atoms. The zero-order chi connectivity index (χ0) is 11.6. The van der Waals surface area contributed by atoms with Gasteiger partial charge in [0, 0.05) is 6.04 Å². The molecule has 4 nitrogen and oxygen atoms in total. The Morgan fingerprint density at radius 1 is 1.40 bits per heavy atom. The van der Waals surface area contributed by atoms with Crippen LogP contribution >= 0.6 is 0 Å². The molecule has 0 radical (unpaired) electrons. The molecular formula is C11H19NO3. The van der Waals surface area contributed by atoms with E-state index in [-0.39, 0.29) is 17.4 Å². The normalized spacial score (nSPS) is 26.5. The van der Waals surface area contributed by atoms with Crippen LogP contribution in [0.2, 0.25) is 0 Å². The first kappa shape index (κ1) is 12.0. The van der Waals surface area contributed by atoms with Gasteiger partial charge in [-0.2, -0.15) is 0 Å². The molecule has 0 spiro atoms. The van der Waals surface area contributed by atoms with E-state index in [1.165, 1.54) is 7.11 Å². The van der Waals surface area contributed by atoms with Gasteiger partial charge in [-0.1, -0.05) is 20.8 Å². The van der Waals surface area contributed by atoms with Crippen LogP contribution in [0.3, 0.4) is 0 Å². The van der Waals surface area contributed by atoms with E-state index in [1.54, 1.807) is 4.90 Å². The average molecular weight is 213 g/mol. The van der Waals surface area contributed by atoms with Crippen LogP contribution in [0.1, 0.15) is 33.6 Å². The lowest BCUT2D eigenvalue weighted by atomic mass is 9.85. The minimum Gasteiger partial charge on any atom is -0.467 e. The van der Waals surface area contributed by atoms with Crippen molar-refractivity contribution in [2.75, 3.05) is 7.11 Å². The Hall–Kier alpha value is -1.06. The van der Waals surface area contributed by atoms with E-state index in [1.807, 2.05) is 0 Å². The van der Waals surface area contributed by atoms with E-state index < -0.39 is 6.04 Å². The summed E-state index contributed by atoms with van der Waals surface area (Å²) >= 11 is 0. The number of ether oxygens (including phenoxy) is 1. The summed E-state index contributed by atoms with van der Waals surface area (Å²) in [5, 5.41) is 0. The first-order valence-electron chi connectivity index (χ1n) is 5.22. The van der Waals surface area contributed by atoms with E-state index >= 15 is 0 Å². The number of hydrogen-bond donors (Lipinski definition) is 0. The number of hydrogen-bond acceptors (Lipinski definition) is 3. The molecule has 15 heavy (non-hydrogen) atoms. The molecule has 1 saturated heterocycles. The number of likely N-dealkylation sites (tertiary alicyclic amines) is 1. The molecule has 1 fully saturated rings. The van der Waals surface area contributed by atoms with Gasteiger partial charge in [0.2, 0.25) is 6.41 Å². The Bertz CT molecular complexity index is 257. The highest BCUT2D eigenvalue weighted by molar-refractivity contribution is 5.78. The second-order valence-electron chi connectivity index (χ2n) is 5.05. The van der Waals surface area contributed by atoms with Crippen molar-refractivity contribution >= 4 is 12.4 Å². The zero-order valence-electron chi connectivity index (χ0n) is 9.82. The maximum atomic E-state index is 11.4. The molecule has 1 amide bonds. The van der Waals surface area contributed by atoms with Crippen LogP contribution < -0.4 is 0 Å². The SMILES string of the molecule is COC(=O)[C@@H]1CC[C@H](C(C)(C)C)N1C=O. The Labute approximate surface area is 90.6 Å². The maximum absolute atomic E-state index is 11.4. The molecular weight excluding hydrogens is 194 g/mol. The van der Waals surface area contributed by atoms with Crippen LogP contribution in [0.5, 0.6) is 0 Å². The highest BCUT2D eigenvalue weighted by Crippen LogP contribution is 2.35. The summed E-state index contributed by atoms with van der Waals surface area (Å²) in [5.41, 5.74) is 0.00365. The minimum absolute atomic E-state index is 0.00365. The van der Waals surface area contributed by atoms with Crippen molar-refractivity contribution in [2.24, 2.45) is 5.41 Å². The Morgan fingerprint density at radius 2 is 2.00 bits per heavy atom. The van der Waals surface area contributed by atoms with Gasteiger partial charge in [0.05, 0.1) is 7.11 Å². The number of nitrogens with zero attached hydrogens (tertiary/aromatic N) is 1. The van der Waals surface area contributed by atoms with Crippen LogP contribution in [0.25, 0.3) is 0 Å². The molecule has 1 rings (SSSR count). The zero-order valence-corrected chi connectivity index (χ0v) is 9.82. The van der Waals surface area contributed by atoms with Gasteiger partial charge in [0.1, 0.15) is 6.04 Å². The summed E-state index contributed by atoms with van der Waals surface area (Å²) in [7, 11) is 1.36. The van der Waals surface area contributed by atoms with Crippen molar-refractivity contribution in [3.8, 4) is 0 Å². The van der Waals surface area contributed by atoms with E-state index in [9.17, 15) is 9.59 Å². The second-order valence-corrected chi connectivity index (χ2v) is 5.05. The molecule has 0 aromatic heterocycles. The molecule has 0 unspecified atom stereocenters. The highest BCUT2D eigenvalue weighted by atomic mass is 16.5. The van der Waals surface area contributed by atoms with Gasteiger partial charge >= 0.3 is 5.97 Å². The first-order valence-corrected chi connectivity index (χ1v) is 5.22. The van der Waals surface area contributed by atoms with Gasteiger partial charge in [0.25, 0.3) is 0 Å². The van der Waals surface area contributed by atoms with Crippen molar-refractivity contribution in [2.45, 2.75) is 45.7 Å². The number of methoxy groups -OCH3 is 1. The molecule has 0 saturated carbocycles. The number of carbonyl (C=O) groups excluding carboxylic acids is 2. The minimum atomic E-state index is -0.392. The summed E-state index contributed by atoms with van der Waals surface area (Å²) in [6.45, 7) is 6.23. The van der Waals surface area contributed by atoms with Crippen molar-refractivity contribution in [1.29, 1.82) is 0 Å². The van der Waals surface area contributed by atoms with Crippen molar-refractivity contribution in [3.63, 3.8) is 0 Å². The smallest absolute Gasteiger partial charge is 0.328 e. The fourth-order valence-electron chi connectivity index (χ4n) is 2.23.